The summed E-state index contributed by atoms with van der Waals surface area (Å²) in [7, 11) is 0. The summed E-state index contributed by atoms with van der Waals surface area (Å²) >= 11 is 5.97. The lowest BCUT2D eigenvalue weighted by atomic mass is 10.1. The van der Waals surface area contributed by atoms with Crippen molar-refractivity contribution in [2.75, 3.05) is 12.1 Å². The van der Waals surface area contributed by atoms with E-state index in [0.29, 0.717) is 40.1 Å². The summed E-state index contributed by atoms with van der Waals surface area (Å²) in [6.07, 6.45) is 0. The first-order valence-corrected chi connectivity index (χ1v) is 10.4. The van der Waals surface area contributed by atoms with Crippen molar-refractivity contribution in [2.45, 2.75) is 20.4 Å². The quantitative estimate of drug-likeness (QED) is 0.465. The molecular formula is C23H20ClN5O3. The summed E-state index contributed by atoms with van der Waals surface area (Å²) in [5.74, 6) is 1.07. The van der Waals surface area contributed by atoms with Gasteiger partial charge in [-0.15, -0.1) is 0 Å². The van der Waals surface area contributed by atoms with Crippen molar-refractivity contribution in [3.63, 3.8) is 0 Å². The van der Waals surface area contributed by atoms with E-state index in [1.165, 1.54) is 0 Å². The van der Waals surface area contributed by atoms with E-state index in [1.54, 1.807) is 6.07 Å². The number of aromatic amines is 1. The average molecular weight is 450 g/mol. The number of ether oxygens (including phenoxy) is 2. The number of hydrogen-bond donors (Lipinski definition) is 2. The lowest BCUT2D eigenvalue weighted by Crippen LogP contribution is -2.14. The minimum Gasteiger partial charge on any atom is -0.454 e. The van der Waals surface area contributed by atoms with E-state index in [1.807, 2.05) is 61.0 Å². The lowest BCUT2D eigenvalue weighted by Gasteiger charge is -2.07. The van der Waals surface area contributed by atoms with Crippen LogP contribution in [0.25, 0.3) is 11.3 Å². The Balaban J connectivity index is 1.33. The number of amides is 1. The Bertz CT molecular complexity index is 1310. The molecule has 1 aliphatic rings. The molecule has 2 aromatic carbocycles. The Morgan fingerprint density at radius 2 is 1.91 bits per heavy atom. The maximum Gasteiger partial charge on any atom is 0.273 e. The molecule has 0 unspecified atom stereocenters. The zero-order valence-corrected chi connectivity index (χ0v) is 18.2. The zero-order valence-electron chi connectivity index (χ0n) is 17.5. The van der Waals surface area contributed by atoms with Crippen molar-refractivity contribution < 1.29 is 14.3 Å². The Kier molecular flexibility index (Phi) is 5.07. The molecule has 162 valence electrons. The lowest BCUT2D eigenvalue weighted by molar-refractivity contribution is 0.102. The number of fused-ring (bicyclic) bond motifs is 1. The highest BCUT2D eigenvalue weighted by Gasteiger charge is 2.19. The van der Waals surface area contributed by atoms with Gasteiger partial charge < -0.3 is 14.8 Å². The van der Waals surface area contributed by atoms with Gasteiger partial charge in [-0.2, -0.15) is 10.2 Å². The summed E-state index contributed by atoms with van der Waals surface area (Å²) in [4.78, 5) is 12.9. The predicted molar refractivity (Wildman–Crippen MR) is 120 cm³/mol. The van der Waals surface area contributed by atoms with Crippen molar-refractivity contribution in [2.24, 2.45) is 0 Å². The summed E-state index contributed by atoms with van der Waals surface area (Å²) in [5, 5.41) is 15.3. The van der Waals surface area contributed by atoms with Gasteiger partial charge in [0, 0.05) is 10.6 Å². The van der Waals surface area contributed by atoms with E-state index in [9.17, 15) is 4.79 Å². The smallest absolute Gasteiger partial charge is 0.273 e. The summed E-state index contributed by atoms with van der Waals surface area (Å²) < 4.78 is 12.6. The normalized spacial score (nSPS) is 12.2. The second kappa shape index (κ2) is 8.05. The van der Waals surface area contributed by atoms with Gasteiger partial charge in [0.25, 0.3) is 5.91 Å². The fourth-order valence-corrected chi connectivity index (χ4v) is 3.74. The molecule has 4 aromatic rings. The van der Waals surface area contributed by atoms with E-state index >= 15 is 0 Å². The maximum absolute atomic E-state index is 12.9. The highest BCUT2D eigenvalue weighted by atomic mass is 35.5. The van der Waals surface area contributed by atoms with Gasteiger partial charge in [0.2, 0.25) is 6.79 Å². The van der Waals surface area contributed by atoms with Gasteiger partial charge in [0.1, 0.15) is 5.69 Å². The van der Waals surface area contributed by atoms with Crippen molar-refractivity contribution in [1.29, 1.82) is 0 Å². The molecule has 32 heavy (non-hydrogen) atoms. The first-order valence-electron chi connectivity index (χ1n) is 10.0. The number of aryl methyl sites for hydroxylation is 1. The van der Waals surface area contributed by atoms with Crippen molar-refractivity contribution in [3.8, 4) is 22.8 Å². The average Bonchev–Trinajstić information content (AvgIpc) is 3.51. The van der Waals surface area contributed by atoms with E-state index in [4.69, 9.17) is 21.1 Å². The second-order valence-electron chi connectivity index (χ2n) is 7.52. The molecule has 9 heteroatoms. The molecule has 1 aliphatic heterocycles. The highest BCUT2D eigenvalue weighted by Crippen LogP contribution is 2.35. The molecule has 2 aromatic heterocycles. The molecule has 5 rings (SSSR count). The zero-order chi connectivity index (χ0) is 22.2. The number of rotatable bonds is 5. The molecule has 0 bridgehead atoms. The van der Waals surface area contributed by atoms with Crippen LogP contribution >= 0.6 is 11.6 Å². The first kappa shape index (κ1) is 20.1. The van der Waals surface area contributed by atoms with Crippen LogP contribution in [0.4, 0.5) is 5.69 Å². The van der Waals surface area contributed by atoms with Crippen LogP contribution in [-0.4, -0.2) is 32.7 Å². The molecule has 0 radical (unpaired) electrons. The third-order valence-corrected chi connectivity index (χ3v) is 5.61. The van der Waals surface area contributed by atoms with E-state index < -0.39 is 0 Å². The largest absolute Gasteiger partial charge is 0.454 e. The molecule has 0 spiro atoms. The van der Waals surface area contributed by atoms with E-state index in [2.05, 4.69) is 20.6 Å². The molecule has 0 saturated carbocycles. The molecule has 3 heterocycles. The van der Waals surface area contributed by atoms with Crippen molar-refractivity contribution >= 4 is 23.2 Å². The number of nitrogens with one attached hydrogen (secondary N) is 2. The van der Waals surface area contributed by atoms with Crippen LogP contribution in [0.15, 0.2) is 48.5 Å². The molecular weight excluding hydrogens is 430 g/mol. The van der Waals surface area contributed by atoms with Gasteiger partial charge in [-0.1, -0.05) is 23.7 Å². The SMILES string of the molecule is Cc1nn(Cc2ccc(Cl)cc2)c(C)c1NC(=O)c1cc(-c2ccc3c(c2)OCO3)n[nH]1. The van der Waals surface area contributed by atoms with Gasteiger partial charge in [0.15, 0.2) is 11.5 Å². The van der Waals surface area contributed by atoms with Crippen LogP contribution in [0.5, 0.6) is 11.5 Å². The predicted octanol–water partition coefficient (Wildman–Crippen LogP) is 4.57. The van der Waals surface area contributed by atoms with Crippen molar-refractivity contribution in [3.05, 3.63) is 76.2 Å². The van der Waals surface area contributed by atoms with E-state index in [-0.39, 0.29) is 12.7 Å². The summed E-state index contributed by atoms with van der Waals surface area (Å²) in [6, 6.07) is 14.9. The number of aromatic nitrogens is 4. The van der Waals surface area contributed by atoms with Gasteiger partial charge in [-0.05, 0) is 55.8 Å². The number of anilines is 1. The Morgan fingerprint density at radius 3 is 2.72 bits per heavy atom. The van der Waals surface area contributed by atoms with Gasteiger partial charge in [-0.25, -0.2) is 0 Å². The monoisotopic (exact) mass is 449 g/mol. The van der Waals surface area contributed by atoms with Gasteiger partial charge in [0.05, 0.1) is 29.3 Å². The molecule has 0 atom stereocenters. The van der Waals surface area contributed by atoms with Gasteiger partial charge >= 0.3 is 0 Å². The van der Waals surface area contributed by atoms with E-state index in [0.717, 1.165) is 22.5 Å². The van der Waals surface area contributed by atoms with Crippen LogP contribution < -0.4 is 14.8 Å². The molecule has 0 fully saturated rings. The Hall–Kier alpha value is -3.78. The summed E-state index contributed by atoms with van der Waals surface area (Å²) in [5.41, 5.74) is 5.17. The Morgan fingerprint density at radius 1 is 1.12 bits per heavy atom. The fraction of sp³-hybridized carbons (Fsp3) is 0.174. The number of nitrogens with zero attached hydrogens (tertiary/aromatic N) is 3. The number of H-pyrrole nitrogens is 1. The van der Waals surface area contributed by atoms with Crippen LogP contribution in [0.1, 0.15) is 27.4 Å². The number of benzene rings is 2. The highest BCUT2D eigenvalue weighted by molar-refractivity contribution is 6.30. The minimum absolute atomic E-state index is 0.206. The number of halogens is 1. The molecule has 1 amide bonds. The number of hydrogen-bond acceptors (Lipinski definition) is 5. The van der Waals surface area contributed by atoms with Crippen LogP contribution in [0, 0.1) is 13.8 Å². The standard InChI is InChI=1S/C23H20ClN5O3/c1-13-22(14(2)29(28-13)11-15-3-6-17(24)7-4-15)25-23(30)19-10-18(26-27-19)16-5-8-20-21(9-16)32-12-31-20/h3-10H,11-12H2,1-2H3,(H,25,30)(H,26,27). The number of carbonyl (C=O) groups excluding carboxylic acids is 1. The van der Waals surface area contributed by atoms with Crippen LogP contribution in [-0.2, 0) is 6.54 Å². The third-order valence-electron chi connectivity index (χ3n) is 5.36. The molecule has 8 nitrogen and oxygen atoms in total. The Labute approximate surface area is 189 Å². The molecule has 0 saturated heterocycles. The molecule has 2 N–H and O–H groups in total. The first-order chi connectivity index (χ1) is 15.5. The summed E-state index contributed by atoms with van der Waals surface area (Å²) in [6.45, 7) is 4.58. The minimum atomic E-state index is -0.290. The van der Waals surface area contributed by atoms with Crippen LogP contribution in [0.3, 0.4) is 0 Å². The fourth-order valence-electron chi connectivity index (χ4n) is 3.62. The third kappa shape index (κ3) is 3.80. The maximum atomic E-state index is 12.9. The number of carbonyl (C=O) groups is 1. The van der Waals surface area contributed by atoms with Crippen molar-refractivity contribution in [1.82, 2.24) is 20.0 Å². The van der Waals surface area contributed by atoms with Gasteiger partial charge in [-0.3, -0.25) is 14.6 Å². The molecule has 0 aliphatic carbocycles. The second-order valence-corrected chi connectivity index (χ2v) is 7.96. The van der Waals surface area contributed by atoms with Crippen LogP contribution in [0.2, 0.25) is 5.02 Å². The topological polar surface area (TPSA) is 94.1 Å².